The largest absolute Gasteiger partial charge is 0.478 e. The van der Waals surface area contributed by atoms with Gasteiger partial charge in [0.1, 0.15) is 5.60 Å². The molecule has 1 aromatic rings. The van der Waals surface area contributed by atoms with E-state index in [1.165, 1.54) is 13.0 Å². The molecule has 18 heavy (non-hydrogen) atoms. The second-order valence-electron chi connectivity index (χ2n) is 4.57. The molecule has 100 valence electrons. The summed E-state index contributed by atoms with van der Waals surface area (Å²) in [5.74, 6) is -1.10. The van der Waals surface area contributed by atoms with Gasteiger partial charge in [-0.2, -0.15) is 0 Å². The van der Waals surface area contributed by atoms with Crippen molar-refractivity contribution in [3.05, 3.63) is 23.3 Å². The maximum atomic E-state index is 11.0. The highest BCUT2D eigenvalue weighted by Gasteiger charge is 2.19. The van der Waals surface area contributed by atoms with Crippen LogP contribution in [0.3, 0.4) is 0 Å². The normalized spacial score (nSPS) is 14.0. The first-order valence-electron chi connectivity index (χ1n) is 5.47. The maximum absolute atomic E-state index is 11.0. The molecule has 1 aromatic carbocycles. The number of nitrogens with one attached hydrogen (secondary N) is 1. The number of hydrogen-bond acceptors (Lipinski definition) is 5. The van der Waals surface area contributed by atoms with E-state index >= 15 is 0 Å². The molecule has 6 heteroatoms. The number of aryl methyl sites for hydroxylation is 1. The van der Waals surface area contributed by atoms with Crippen molar-refractivity contribution in [1.29, 1.82) is 0 Å². The van der Waals surface area contributed by atoms with E-state index in [1.807, 2.05) is 0 Å². The monoisotopic (exact) mass is 254 g/mol. The summed E-state index contributed by atoms with van der Waals surface area (Å²) in [5, 5.41) is 30.4. The topological polar surface area (TPSA) is 116 Å². The minimum absolute atomic E-state index is 0.0149. The van der Waals surface area contributed by atoms with Crippen LogP contribution >= 0.6 is 0 Å². The van der Waals surface area contributed by atoms with Crippen LogP contribution in [-0.4, -0.2) is 40.0 Å². The van der Waals surface area contributed by atoms with Crippen molar-refractivity contribution < 1.29 is 20.1 Å². The summed E-state index contributed by atoms with van der Waals surface area (Å²) in [6, 6.07) is 3.09. The molecule has 0 aliphatic heterocycles. The number of aliphatic hydroxyl groups is 2. The minimum atomic E-state index is -1.27. The summed E-state index contributed by atoms with van der Waals surface area (Å²) in [7, 11) is 0. The van der Waals surface area contributed by atoms with E-state index in [0.29, 0.717) is 11.3 Å². The zero-order chi connectivity index (χ0) is 13.9. The van der Waals surface area contributed by atoms with Gasteiger partial charge in [-0.3, -0.25) is 0 Å². The van der Waals surface area contributed by atoms with Crippen molar-refractivity contribution in [2.75, 3.05) is 24.2 Å². The van der Waals surface area contributed by atoms with Crippen LogP contribution in [0.25, 0.3) is 0 Å². The number of aliphatic hydroxyl groups excluding tert-OH is 1. The Morgan fingerprint density at radius 1 is 1.50 bits per heavy atom. The molecule has 1 atom stereocenters. The predicted molar refractivity (Wildman–Crippen MR) is 68.8 cm³/mol. The van der Waals surface area contributed by atoms with Gasteiger partial charge in [-0.05, 0) is 31.5 Å². The van der Waals surface area contributed by atoms with Crippen LogP contribution < -0.4 is 11.1 Å². The Bertz CT molecular complexity index is 458. The van der Waals surface area contributed by atoms with Crippen LogP contribution in [0.5, 0.6) is 0 Å². The third kappa shape index (κ3) is 3.35. The molecule has 0 heterocycles. The zero-order valence-corrected chi connectivity index (χ0v) is 10.4. The average Bonchev–Trinajstić information content (AvgIpc) is 2.30. The number of nitrogens with two attached hydrogens (primary N) is 1. The van der Waals surface area contributed by atoms with E-state index in [2.05, 4.69) is 5.32 Å². The van der Waals surface area contributed by atoms with Crippen LogP contribution in [0.4, 0.5) is 11.4 Å². The summed E-state index contributed by atoms with van der Waals surface area (Å²) in [6.45, 7) is 2.89. The summed E-state index contributed by atoms with van der Waals surface area (Å²) in [6.07, 6.45) is 0. The fraction of sp³-hybridized carbons (Fsp3) is 0.417. The van der Waals surface area contributed by atoms with Crippen molar-refractivity contribution in [3.63, 3.8) is 0 Å². The van der Waals surface area contributed by atoms with Gasteiger partial charge < -0.3 is 26.4 Å². The van der Waals surface area contributed by atoms with Gasteiger partial charge in [0.25, 0.3) is 0 Å². The maximum Gasteiger partial charge on any atom is 0.337 e. The van der Waals surface area contributed by atoms with E-state index in [9.17, 15) is 9.90 Å². The number of benzene rings is 1. The van der Waals surface area contributed by atoms with Crippen molar-refractivity contribution in [3.8, 4) is 0 Å². The molecule has 6 N–H and O–H groups in total. The summed E-state index contributed by atoms with van der Waals surface area (Å²) in [4.78, 5) is 11.0. The van der Waals surface area contributed by atoms with Crippen molar-refractivity contribution in [1.82, 2.24) is 0 Å². The second kappa shape index (κ2) is 5.24. The molecule has 0 fully saturated rings. The smallest absolute Gasteiger partial charge is 0.337 e. The number of nitrogen functional groups attached to an aromatic ring is 1. The van der Waals surface area contributed by atoms with Gasteiger partial charge in [0, 0.05) is 17.9 Å². The first-order valence-corrected chi connectivity index (χ1v) is 5.47. The first kappa shape index (κ1) is 14.3. The molecule has 6 nitrogen and oxygen atoms in total. The predicted octanol–water partition coefficient (Wildman–Crippen LogP) is 0.431. The lowest BCUT2D eigenvalue weighted by molar-refractivity contribution is 0.0132. The number of rotatable bonds is 5. The van der Waals surface area contributed by atoms with Crippen LogP contribution in [0, 0.1) is 6.92 Å². The Labute approximate surface area is 105 Å². The fourth-order valence-corrected chi connectivity index (χ4v) is 1.43. The van der Waals surface area contributed by atoms with Gasteiger partial charge in [0.2, 0.25) is 0 Å². The molecule has 0 saturated carbocycles. The molecule has 0 bridgehead atoms. The van der Waals surface area contributed by atoms with Gasteiger partial charge in [-0.15, -0.1) is 0 Å². The van der Waals surface area contributed by atoms with E-state index in [-0.39, 0.29) is 24.4 Å². The molecule has 1 rings (SSSR count). The molecule has 0 spiro atoms. The Kier molecular flexibility index (Phi) is 4.15. The molecule has 0 aliphatic carbocycles. The highest BCUT2D eigenvalue weighted by atomic mass is 16.4. The minimum Gasteiger partial charge on any atom is -0.478 e. The molecular formula is C12H18N2O4. The Balaban J connectivity index is 2.95. The van der Waals surface area contributed by atoms with Gasteiger partial charge in [-0.25, -0.2) is 4.79 Å². The van der Waals surface area contributed by atoms with Gasteiger partial charge in [0.15, 0.2) is 0 Å². The quantitative estimate of drug-likeness (QED) is 0.487. The summed E-state index contributed by atoms with van der Waals surface area (Å²) < 4.78 is 0. The van der Waals surface area contributed by atoms with E-state index in [0.717, 1.165) is 0 Å². The number of aromatic carboxylic acids is 1. The van der Waals surface area contributed by atoms with Crippen molar-refractivity contribution in [2.45, 2.75) is 19.4 Å². The number of carboxylic acid groups (broad SMARTS) is 1. The molecule has 0 saturated heterocycles. The SMILES string of the molecule is Cc1cc(NCC(C)(O)CO)cc(C(=O)O)c1N. The zero-order valence-electron chi connectivity index (χ0n) is 10.4. The van der Waals surface area contributed by atoms with Crippen LogP contribution in [0.15, 0.2) is 12.1 Å². The van der Waals surface area contributed by atoms with Crippen molar-refractivity contribution in [2.24, 2.45) is 0 Å². The lowest BCUT2D eigenvalue weighted by Gasteiger charge is -2.22. The van der Waals surface area contributed by atoms with Gasteiger partial charge >= 0.3 is 5.97 Å². The molecule has 0 aromatic heterocycles. The van der Waals surface area contributed by atoms with E-state index < -0.39 is 11.6 Å². The van der Waals surface area contributed by atoms with Gasteiger partial charge in [0.05, 0.1) is 12.2 Å². The standard InChI is InChI=1S/C12H18N2O4/c1-7-3-8(14-5-12(2,18)6-15)4-9(10(7)13)11(16)17/h3-4,14-15,18H,5-6,13H2,1-2H3,(H,16,17). The third-order valence-corrected chi connectivity index (χ3v) is 2.63. The summed E-state index contributed by atoms with van der Waals surface area (Å²) >= 11 is 0. The van der Waals surface area contributed by atoms with Gasteiger partial charge in [-0.1, -0.05) is 0 Å². The number of carboxylic acids is 1. The Morgan fingerprint density at radius 3 is 2.61 bits per heavy atom. The average molecular weight is 254 g/mol. The Morgan fingerprint density at radius 2 is 2.11 bits per heavy atom. The lowest BCUT2D eigenvalue weighted by atomic mass is 10.1. The molecule has 1 unspecified atom stereocenters. The lowest BCUT2D eigenvalue weighted by Crippen LogP contribution is -2.37. The number of anilines is 2. The molecule has 0 amide bonds. The van der Waals surface area contributed by atoms with Crippen LogP contribution in [0.2, 0.25) is 0 Å². The molecule has 0 radical (unpaired) electrons. The first-order chi connectivity index (χ1) is 8.26. The molecular weight excluding hydrogens is 236 g/mol. The Hall–Kier alpha value is -1.79. The van der Waals surface area contributed by atoms with Crippen molar-refractivity contribution >= 4 is 17.3 Å². The highest BCUT2D eigenvalue weighted by molar-refractivity contribution is 5.95. The number of carbonyl (C=O) groups is 1. The van der Waals surface area contributed by atoms with E-state index in [4.69, 9.17) is 15.9 Å². The fourth-order valence-electron chi connectivity index (χ4n) is 1.43. The van der Waals surface area contributed by atoms with Crippen LogP contribution in [-0.2, 0) is 0 Å². The third-order valence-electron chi connectivity index (χ3n) is 2.63. The van der Waals surface area contributed by atoms with E-state index in [1.54, 1.807) is 13.0 Å². The molecule has 0 aliphatic rings. The van der Waals surface area contributed by atoms with Crippen LogP contribution in [0.1, 0.15) is 22.8 Å². The second-order valence-corrected chi connectivity index (χ2v) is 4.57. The highest BCUT2D eigenvalue weighted by Crippen LogP contribution is 2.23. The summed E-state index contributed by atoms with van der Waals surface area (Å²) in [5.41, 5.74) is 5.81. The number of hydrogen-bond donors (Lipinski definition) is 5.